The molecule has 0 bridgehead atoms. The van der Waals surface area contributed by atoms with E-state index in [1.807, 2.05) is 13.0 Å². The zero-order chi connectivity index (χ0) is 20.8. The number of fused-ring (bicyclic) bond motifs is 2. The number of aryl methyl sites for hydroxylation is 2. The Morgan fingerprint density at radius 2 is 1.72 bits per heavy atom. The van der Waals surface area contributed by atoms with Crippen molar-refractivity contribution in [2.75, 3.05) is 10.0 Å². The number of halogens is 1. The van der Waals surface area contributed by atoms with Crippen molar-refractivity contribution >= 4 is 38.9 Å². The van der Waals surface area contributed by atoms with Gasteiger partial charge < -0.3 is 10.1 Å². The van der Waals surface area contributed by atoms with Crippen molar-refractivity contribution in [2.45, 2.75) is 18.7 Å². The third kappa shape index (κ3) is 3.79. The van der Waals surface area contributed by atoms with Gasteiger partial charge >= 0.3 is 0 Å². The summed E-state index contributed by atoms with van der Waals surface area (Å²) in [5.41, 5.74) is 2.37. The lowest BCUT2D eigenvalue weighted by atomic mass is 10.1. The van der Waals surface area contributed by atoms with Crippen LogP contribution in [0.5, 0.6) is 11.5 Å². The molecule has 8 heteroatoms. The molecule has 0 saturated carbocycles. The molecule has 0 saturated heterocycles. The number of nitrogens with one attached hydrogen (secondary N) is 2. The van der Waals surface area contributed by atoms with E-state index in [0.29, 0.717) is 27.8 Å². The average Bonchev–Trinajstić information content (AvgIpc) is 2.79. The second-order valence-electron chi connectivity index (χ2n) is 6.78. The van der Waals surface area contributed by atoms with Crippen LogP contribution in [0.1, 0.15) is 21.5 Å². The lowest BCUT2D eigenvalue weighted by Crippen LogP contribution is -2.16. The molecule has 2 N–H and O–H groups in total. The van der Waals surface area contributed by atoms with Gasteiger partial charge in [-0.15, -0.1) is 0 Å². The Hall–Kier alpha value is -3.03. The molecule has 4 rings (SSSR count). The van der Waals surface area contributed by atoms with Gasteiger partial charge in [0.2, 0.25) is 0 Å². The SMILES string of the molecule is Cc1ccc(C)c(S(=O)(=O)Nc2ccc3c(c2)C(=O)Nc2cc(Cl)ccc2O3)c1. The largest absolute Gasteiger partial charge is 0.454 e. The molecule has 1 heterocycles. The summed E-state index contributed by atoms with van der Waals surface area (Å²) in [4.78, 5) is 12.8. The molecule has 0 spiro atoms. The average molecular weight is 429 g/mol. The number of rotatable bonds is 3. The van der Waals surface area contributed by atoms with Crippen LogP contribution in [0.2, 0.25) is 5.02 Å². The van der Waals surface area contributed by atoms with Crippen LogP contribution < -0.4 is 14.8 Å². The highest BCUT2D eigenvalue weighted by Gasteiger charge is 2.23. The molecule has 1 aliphatic heterocycles. The second kappa shape index (κ2) is 7.09. The van der Waals surface area contributed by atoms with Crippen LogP contribution in [0.15, 0.2) is 59.5 Å². The number of carbonyl (C=O) groups is 1. The first-order valence-corrected chi connectivity index (χ1v) is 10.6. The maximum atomic E-state index is 12.9. The van der Waals surface area contributed by atoms with Crippen molar-refractivity contribution in [3.05, 3.63) is 76.3 Å². The van der Waals surface area contributed by atoms with Gasteiger partial charge in [-0.2, -0.15) is 0 Å². The number of hydrogen-bond acceptors (Lipinski definition) is 4. The zero-order valence-electron chi connectivity index (χ0n) is 15.6. The molecule has 1 amide bonds. The fourth-order valence-corrected chi connectivity index (χ4v) is 4.62. The quantitative estimate of drug-likeness (QED) is 0.606. The van der Waals surface area contributed by atoms with Gasteiger partial charge in [0, 0.05) is 10.7 Å². The van der Waals surface area contributed by atoms with Gasteiger partial charge in [0.1, 0.15) is 5.75 Å². The number of anilines is 2. The first-order chi connectivity index (χ1) is 13.7. The number of hydrogen-bond donors (Lipinski definition) is 2. The molecular weight excluding hydrogens is 412 g/mol. The van der Waals surface area contributed by atoms with Gasteiger partial charge in [-0.05, 0) is 67.4 Å². The number of carbonyl (C=O) groups excluding carboxylic acids is 1. The highest BCUT2D eigenvalue weighted by Crippen LogP contribution is 2.38. The molecule has 29 heavy (non-hydrogen) atoms. The third-order valence-electron chi connectivity index (χ3n) is 4.52. The van der Waals surface area contributed by atoms with Crippen molar-refractivity contribution in [3.8, 4) is 11.5 Å². The Kier molecular flexibility index (Phi) is 4.72. The Morgan fingerprint density at radius 3 is 2.52 bits per heavy atom. The minimum atomic E-state index is -3.82. The summed E-state index contributed by atoms with van der Waals surface area (Å²) in [5.74, 6) is 0.345. The lowest BCUT2D eigenvalue weighted by Gasteiger charge is -2.13. The minimum absolute atomic E-state index is 0.190. The molecule has 0 radical (unpaired) electrons. The fourth-order valence-electron chi connectivity index (χ4n) is 3.06. The summed E-state index contributed by atoms with van der Waals surface area (Å²) in [6, 6.07) is 14.7. The Morgan fingerprint density at radius 1 is 0.966 bits per heavy atom. The summed E-state index contributed by atoms with van der Waals surface area (Å²) in [6.07, 6.45) is 0. The van der Waals surface area contributed by atoms with Crippen molar-refractivity contribution in [1.82, 2.24) is 0 Å². The van der Waals surface area contributed by atoms with E-state index in [1.165, 1.54) is 6.07 Å². The molecule has 0 fully saturated rings. The van der Waals surface area contributed by atoms with E-state index < -0.39 is 15.9 Å². The van der Waals surface area contributed by atoms with Crippen LogP contribution in [0.3, 0.4) is 0 Å². The summed E-state index contributed by atoms with van der Waals surface area (Å²) >= 11 is 5.99. The zero-order valence-corrected chi connectivity index (χ0v) is 17.2. The molecule has 3 aromatic rings. The first-order valence-electron chi connectivity index (χ1n) is 8.76. The summed E-state index contributed by atoms with van der Waals surface area (Å²) in [6.45, 7) is 3.56. The van der Waals surface area contributed by atoms with Crippen LogP contribution in [0, 0.1) is 13.8 Å². The number of benzene rings is 3. The number of sulfonamides is 1. The van der Waals surface area contributed by atoms with E-state index in [-0.39, 0.29) is 16.1 Å². The van der Waals surface area contributed by atoms with E-state index >= 15 is 0 Å². The van der Waals surface area contributed by atoms with E-state index in [2.05, 4.69) is 10.0 Å². The second-order valence-corrected chi connectivity index (χ2v) is 8.87. The lowest BCUT2D eigenvalue weighted by molar-refractivity contribution is 0.102. The van der Waals surface area contributed by atoms with Crippen LogP contribution in [-0.2, 0) is 10.0 Å². The van der Waals surface area contributed by atoms with Gasteiger partial charge in [-0.1, -0.05) is 23.7 Å². The van der Waals surface area contributed by atoms with E-state index in [9.17, 15) is 13.2 Å². The molecule has 0 atom stereocenters. The fraction of sp³-hybridized carbons (Fsp3) is 0.0952. The van der Waals surface area contributed by atoms with Crippen LogP contribution in [0.4, 0.5) is 11.4 Å². The van der Waals surface area contributed by atoms with Gasteiger partial charge in [0.15, 0.2) is 5.75 Å². The maximum absolute atomic E-state index is 12.9. The molecular formula is C21H17ClN2O4S. The molecule has 0 unspecified atom stereocenters. The third-order valence-corrected chi connectivity index (χ3v) is 6.28. The Balaban J connectivity index is 1.69. The number of ether oxygens (including phenoxy) is 1. The van der Waals surface area contributed by atoms with Crippen LogP contribution >= 0.6 is 11.6 Å². The van der Waals surface area contributed by atoms with E-state index in [4.69, 9.17) is 16.3 Å². The van der Waals surface area contributed by atoms with Crippen molar-refractivity contribution in [2.24, 2.45) is 0 Å². The van der Waals surface area contributed by atoms with Gasteiger partial charge in [-0.25, -0.2) is 8.42 Å². The maximum Gasteiger partial charge on any atom is 0.262 e. The van der Waals surface area contributed by atoms with E-state index in [0.717, 1.165) is 5.56 Å². The normalized spacial score (nSPS) is 12.9. The summed E-state index contributed by atoms with van der Waals surface area (Å²) in [7, 11) is -3.82. The predicted molar refractivity (Wildman–Crippen MR) is 113 cm³/mol. The Bertz CT molecular complexity index is 1260. The highest BCUT2D eigenvalue weighted by atomic mass is 35.5. The molecule has 0 aliphatic carbocycles. The monoisotopic (exact) mass is 428 g/mol. The molecule has 6 nitrogen and oxygen atoms in total. The van der Waals surface area contributed by atoms with Gasteiger partial charge in [0.25, 0.3) is 15.9 Å². The summed E-state index contributed by atoms with van der Waals surface area (Å²) in [5, 5.41) is 3.19. The Labute approximate surface area is 173 Å². The summed E-state index contributed by atoms with van der Waals surface area (Å²) < 4.78 is 34.1. The standard InChI is InChI=1S/C21H17ClN2O4S/c1-12-3-4-13(2)20(9-12)29(26,27)24-15-6-8-18-16(11-15)21(25)23-17-10-14(22)5-7-19(17)28-18/h3-11,24H,1-2H3,(H,23,25). The molecule has 148 valence electrons. The van der Waals surface area contributed by atoms with Crippen LogP contribution in [0.25, 0.3) is 0 Å². The molecule has 0 aromatic heterocycles. The van der Waals surface area contributed by atoms with Crippen LogP contribution in [-0.4, -0.2) is 14.3 Å². The van der Waals surface area contributed by atoms with Crippen molar-refractivity contribution in [3.63, 3.8) is 0 Å². The van der Waals surface area contributed by atoms with Crippen molar-refractivity contribution < 1.29 is 17.9 Å². The van der Waals surface area contributed by atoms with Gasteiger partial charge in [-0.3, -0.25) is 9.52 Å². The van der Waals surface area contributed by atoms with Gasteiger partial charge in [0.05, 0.1) is 16.1 Å². The minimum Gasteiger partial charge on any atom is -0.454 e. The number of amides is 1. The first kappa shape index (κ1) is 19.3. The molecule has 3 aromatic carbocycles. The van der Waals surface area contributed by atoms with Crippen molar-refractivity contribution in [1.29, 1.82) is 0 Å². The van der Waals surface area contributed by atoms with E-state index in [1.54, 1.807) is 49.4 Å². The topological polar surface area (TPSA) is 84.5 Å². The predicted octanol–water partition coefficient (Wildman–Crippen LogP) is 5.12. The highest BCUT2D eigenvalue weighted by molar-refractivity contribution is 7.92. The molecule has 1 aliphatic rings. The smallest absolute Gasteiger partial charge is 0.262 e.